The fourth-order valence-corrected chi connectivity index (χ4v) is 3.83. The predicted octanol–water partition coefficient (Wildman–Crippen LogP) is 4.83. The van der Waals surface area contributed by atoms with Gasteiger partial charge >= 0.3 is 6.03 Å². The highest BCUT2D eigenvalue weighted by molar-refractivity contribution is 5.94. The molecule has 0 atom stereocenters. The monoisotopic (exact) mass is 467 g/mol. The molecule has 0 radical (unpaired) electrons. The molecule has 9 heteroatoms. The first-order chi connectivity index (χ1) is 15.9. The summed E-state index contributed by atoms with van der Waals surface area (Å²) in [7, 11) is 1.71. The average Bonchev–Trinajstić information content (AvgIpc) is 2.86. The van der Waals surface area contributed by atoms with Crippen molar-refractivity contribution < 1.29 is 18.4 Å². The maximum absolute atomic E-state index is 13.9. The van der Waals surface area contributed by atoms with Crippen LogP contribution in [0.15, 0.2) is 61.1 Å². The van der Waals surface area contributed by atoms with Crippen LogP contribution in [-0.4, -0.2) is 57.9 Å². The van der Waals surface area contributed by atoms with Gasteiger partial charge in [0.25, 0.3) is 5.91 Å². The number of carbonyl (C=O) groups is 2. The summed E-state index contributed by atoms with van der Waals surface area (Å²) >= 11 is 0. The van der Waals surface area contributed by atoms with E-state index in [-0.39, 0.29) is 36.7 Å². The van der Waals surface area contributed by atoms with Crippen LogP contribution in [0.2, 0.25) is 0 Å². The van der Waals surface area contributed by atoms with Crippen LogP contribution in [0, 0.1) is 11.6 Å². The summed E-state index contributed by atoms with van der Waals surface area (Å²) in [5.41, 5.74) is 1.31. The second kappa shape index (κ2) is 10.8. The highest BCUT2D eigenvalue weighted by Crippen LogP contribution is 2.23. The molecule has 3 aromatic rings. The summed E-state index contributed by atoms with van der Waals surface area (Å²) in [6, 6.07) is 9.43. The number of nitrogens with zero attached hydrogens (tertiary/aromatic N) is 4. The Bertz CT molecular complexity index is 1130. The van der Waals surface area contributed by atoms with Gasteiger partial charge in [-0.05, 0) is 55.3 Å². The van der Waals surface area contributed by atoms with Crippen molar-refractivity contribution in [2.45, 2.75) is 26.3 Å². The molecule has 178 valence electrons. The number of carbonyl (C=O) groups excluding carboxylic acids is 2. The second-order valence-electron chi connectivity index (χ2n) is 7.86. The van der Waals surface area contributed by atoms with E-state index >= 15 is 0 Å². The van der Waals surface area contributed by atoms with E-state index in [9.17, 15) is 18.4 Å². The first-order valence-electron chi connectivity index (χ1n) is 10.6. The van der Waals surface area contributed by atoms with Crippen LogP contribution in [0.5, 0.6) is 0 Å². The van der Waals surface area contributed by atoms with Gasteiger partial charge in [-0.1, -0.05) is 7.43 Å². The number of hydrogen-bond donors (Lipinski definition) is 1. The molecule has 0 aliphatic carbocycles. The first kappa shape index (κ1) is 24.8. The first-order valence-corrected chi connectivity index (χ1v) is 10.6. The van der Waals surface area contributed by atoms with Crippen molar-refractivity contribution in [2.24, 2.45) is 0 Å². The fraction of sp³-hybridized carbons (Fsp3) is 0.280. The molecule has 34 heavy (non-hydrogen) atoms. The minimum absolute atomic E-state index is 0. The number of anilines is 1. The molecule has 4 rings (SSSR count). The standard InChI is InChI=1S/C24H23F2N5O2.CH4/c1-30(19-8-11-31(12-9-19)23(32)16-3-2-10-27-14-16)24(33)29-18-5-7-22(28-15-18)20-13-17(25)4-6-21(20)26;/h2-7,10,13-15,19H,8-9,11-12H2,1H3,(H,29,33);1H4. The number of urea groups is 1. The van der Waals surface area contributed by atoms with Gasteiger partial charge in [0.2, 0.25) is 0 Å². The molecule has 1 aromatic carbocycles. The molecule has 0 spiro atoms. The quantitative estimate of drug-likeness (QED) is 0.596. The van der Waals surface area contributed by atoms with Gasteiger partial charge in [0, 0.05) is 44.1 Å². The van der Waals surface area contributed by atoms with E-state index in [4.69, 9.17) is 0 Å². The number of rotatable bonds is 4. The Balaban J connectivity index is 0.00000324. The molecule has 1 N–H and O–H groups in total. The van der Waals surface area contributed by atoms with Crippen LogP contribution >= 0.6 is 0 Å². The Morgan fingerprint density at radius 1 is 1.09 bits per heavy atom. The van der Waals surface area contributed by atoms with E-state index in [2.05, 4.69) is 15.3 Å². The molecule has 1 aliphatic heterocycles. The lowest BCUT2D eigenvalue weighted by Crippen LogP contribution is -2.48. The zero-order valence-corrected chi connectivity index (χ0v) is 18.0. The molecule has 1 saturated heterocycles. The molecule has 1 aliphatic rings. The van der Waals surface area contributed by atoms with Crippen LogP contribution in [0.1, 0.15) is 30.6 Å². The third-order valence-electron chi connectivity index (χ3n) is 5.75. The second-order valence-corrected chi connectivity index (χ2v) is 7.86. The van der Waals surface area contributed by atoms with E-state index < -0.39 is 11.6 Å². The van der Waals surface area contributed by atoms with Gasteiger partial charge in [0.05, 0.1) is 23.1 Å². The molecule has 3 heterocycles. The Morgan fingerprint density at radius 2 is 1.85 bits per heavy atom. The average molecular weight is 468 g/mol. The minimum Gasteiger partial charge on any atom is -0.338 e. The topological polar surface area (TPSA) is 78.4 Å². The van der Waals surface area contributed by atoms with E-state index in [0.29, 0.717) is 37.2 Å². The van der Waals surface area contributed by atoms with Crippen LogP contribution in [0.25, 0.3) is 11.3 Å². The molecular formula is C25H27F2N5O2. The Morgan fingerprint density at radius 3 is 2.50 bits per heavy atom. The summed E-state index contributed by atoms with van der Waals surface area (Å²) in [6.07, 6.45) is 5.90. The molecule has 0 bridgehead atoms. The van der Waals surface area contributed by atoms with Gasteiger partial charge in [-0.15, -0.1) is 0 Å². The van der Waals surface area contributed by atoms with Crippen molar-refractivity contribution in [3.63, 3.8) is 0 Å². The lowest BCUT2D eigenvalue weighted by molar-refractivity contribution is 0.0671. The molecule has 2 aromatic heterocycles. The summed E-state index contributed by atoms with van der Waals surface area (Å²) in [4.78, 5) is 36.8. The molecule has 0 saturated carbocycles. The van der Waals surface area contributed by atoms with Crippen molar-refractivity contribution in [1.29, 1.82) is 0 Å². The fourth-order valence-electron chi connectivity index (χ4n) is 3.83. The van der Waals surface area contributed by atoms with Crippen LogP contribution in [0.3, 0.4) is 0 Å². The summed E-state index contributed by atoms with van der Waals surface area (Å²) in [5.74, 6) is -1.19. The smallest absolute Gasteiger partial charge is 0.321 e. The molecule has 1 fully saturated rings. The Labute approximate surface area is 197 Å². The van der Waals surface area contributed by atoms with Crippen molar-refractivity contribution in [3.8, 4) is 11.3 Å². The van der Waals surface area contributed by atoms with Crippen molar-refractivity contribution in [1.82, 2.24) is 19.8 Å². The van der Waals surface area contributed by atoms with Gasteiger partial charge in [0.1, 0.15) is 11.6 Å². The number of amides is 3. The Hall–Kier alpha value is -3.88. The third-order valence-corrected chi connectivity index (χ3v) is 5.75. The largest absolute Gasteiger partial charge is 0.338 e. The SMILES string of the molecule is C.CN(C(=O)Nc1ccc(-c2cc(F)ccc2F)nc1)C1CCN(C(=O)c2cccnc2)CC1. The predicted molar refractivity (Wildman–Crippen MR) is 126 cm³/mol. The summed E-state index contributed by atoms with van der Waals surface area (Å²) in [6.45, 7) is 1.09. The number of aromatic nitrogens is 2. The van der Waals surface area contributed by atoms with E-state index in [1.807, 2.05) is 0 Å². The van der Waals surface area contributed by atoms with Gasteiger partial charge in [-0.25, -0.2) is 13.6 Å². The zero-order valence-electron chi connectivity index (χ0n) is 18.0. The summed E-state index contributed by atoms with van der Waals surface area (Å²) < 4.78 is 27.4. The van der Waals surface area contributed by atoms with E-state index in [0.717, 1.165) is 18.2 Å². The van der Waals surface area contributed by atoms with Gasteiger partial charge in [-0.3, -0.25) is 14.8 Å². The normalized spacial score (nSPS) is 13.7. The number of pyridine rings is 2. The van der Waals surface area contributed by atoms with Crippen molar-refractivity contribution in [2.75, 3.05) is 25.5 Å². The molecule has 3 amide bonds. The zero-order chi connectivity index (χ0) is 23.4. The molecular weight excluding hydrogens is 440 g/mol. The van der Waals surface area contributed by atoms with Crippen LogP contribution in [0.4, 0.5) is 19.3 Å². The van der Waals surface area contributed by atoms with Gasteiger partial charge < -0.3 is 15.1 Å². The number of benzene rings is 1. The van der Waals surface area contributed by atoms with Gasteiger partial charge in [0.15, 0.2) is 0 Å². The summed E-state index contributed by atoms with van der Waals surface area (Å²) in [5, 5.41) is 2.77. The van der Waals surface area contributed by atoms with Crippen molar-refractivity contribution in [3.05, 3.63) is 78.3 Å². The maximum atomic E-state index is 13.9. The van der Waals surface area contributed by atoms with Crippen molar-refractivity contribution >= 4 is 17.6 Å². The van der Waals surface area contributed by atoms with Crippen LogP contribution in [-0.2, 0) is 0 Å². The molecule has 0 unspecified atom stereocenters. The maximum Gasteiger partial charge on any atom is 0.321 e. The van der Waals surface area contributed by atoms with Crippen LogP contribution < -0.4 is 5.32 Å². The van der Waals surface area contributed by atoms with E-state index in [1.54, 1.807) is 47.4 Å². The Kier molecular flexibility index (Phi) is 7.88. The highest BCUT2D eigenvalue weighted by atomic mass is 19.1. The number of nitrogens with one attached hydrogen (secondary N) is 1. The lowest BCUT2D eigenvalue weighted by Gasteiger charge is -2.36. The number of likely N-dealkylation sites (tertiary alicyclic amines) is 1. The minimum atomic E-state index is -0.575. The number of piperidine rings is 1. The number of hydrogen-bond acceptors (Lipinski definition) is 4. The van der Waals surface area contributed by atoms with Gasteiger partial charge in [-0.2, -0.15) is 0 Å². The third kappa shape index (κ3) is 5.54. The highest BCUT2D eigenvalue weighted by Gasteiger charge is 2.28. The van der Waals surface area contributed by atoms with E-state index in [1.165, 1.54) is 12.3 Å². The lowest BCUT2D eigenvalue weighted by atomic mass is 10.0. The molecule has 7 nitrogen and oxygen atoms in total. The number of halogens is 2.